The summed E-state index contributed by atoms with van der Waals surface area (Å²) in [7, 11) is 1.67. The monoisotopic (exact) mass is 334 g/mol. The van der Waals surface area contributed by atoms with E-state index in [-0.39, 0.29) is 24.2 Å². The van der Waals surface area contributed by atoms with Crippen molar-refractivity contribution < 1.29 is 9.53 Å². The summed E-state index contributed by atoms with van der Waals surface area (Å²) in [5, 5.41) is 5.54. The van der Waals surface area contributed by atoms with Crippen molar-refractivity contribution in [2.45, 2.75) is 12.8 Å². The zero-order valence-electron chi connectivity index (χ0n) is 13.5. The molecule has 23 heavy (non-hydrogen) atoms. The molecule has 1 aliphatic rings. The molecule has 1 saturated heterocycles. The summed E-state index contributed by atoms with van der Waals surface area (Å²) in [5.41, 5.74) is 1.07. The maximum Gasteiger partial charge on any atom is 0.229 e. The first kappa shape index (κ1) is 17.6. The van der Waals surface area contributed by atoms with Gasteiger partial charge in [0.15, 0.2) is 0 Å². The molecule has 1 fully saturated rings. The average molecular weight is 335 g/mol. The Morgan fingerprint density at radius 3 is 2.48 bits per heavy atom. The van der Waals surface area contributed by atoms with Gasteiger partial charge in [0.1, 0.15) is 5.75 Å². The van der Waals surface area contributed by atoms with Gasteiger partial charge in [-0.05, 0) is 35.4 Å². The van der Waals surface area contributed by atoms with Crippen LogP contribution in [0.25, 0.3) is 10.8 Å². The van der Waals surface area contributed by atoms with E-state index in [2.05, 4.69) is 17.4 Å². The maximum atomic E-state index is 12.6. The number of carbonyl (C=O) groups excluding carboxylic acids is 1. The number of halogens is 1. The van der Waals surface area contributed by atoms with Gasteiger partial charge >= 0.3 is 0 Å². The summed E-state index contributed by atoms with van der Waals surface area (Å²) < 4.78 is 5.25. The molecule has 2 aromatic rings. The van der Waals surface area contributed by atoms with Gasteiger partial charge in [-0.2, -0.15) is 0 Å². The Kier molecular flexibility index (Phi) is 5.85. The predicted octanol–water partition coefficient (Wildman–Crippen LogP) is 2.81. The van der Waals surface area contributed by atoms with Crippen molar-refractivity contribution in [1.82, 2.24) is 10.2 Å². The molecule has 3 rings (SSSR count). The summed E-state index contributed by atoms with van der Waals surface area (Å²) in [6, 6.07) is 12.2. The van der Waals surface area contributed by atoms with Crippen LogP contribution in [-0.2, 0) is 4.79 Å². The molecular formula is C18H23ClN2O2. The van der Waals surface area contributed by atoms with Crippen molar-refractivity contribution in [3.63, 3.8) is 0 Å². The van der Waals surface area contributed by atoms with Crippen LogP contribution < -0.4 is 10.1 Å². The SMILES string of the molecule is COc1ccc2cc(C(C)C(=O)N3CCNCC3)ccc2c1.Cl. The van der Waals surface area contributed by atoms with Crippen molar-refractivity contribution in [1.29, 1.82) is 0 Å². The Morgan fingerprint density at radius 2 is 1.78 bits per heavy atom. The Morgan fingerprint density at radius 1 is 1.13 bits per heavy atom. The number of piperazine rings is 1. The molecule has 0 saturated carbocycles. The minimum Gasteiger partial charge on any atom is -0.497 e. The fourth-order valence-electron chi connectivity index (χ4n) is 2.94. The molecule has 4 nitrogen and oxygen atoms in total. The van der Waals surface area contributed by atoms with Crippen LogP contribution in [0.1, 0.15) is 18.4 Å². The number of fused-ring (bicyclic) bond motifs is 1. The van der Waals surface area contributed by atoms with Gasteiger partial charge in [-0.1, -0.05) is 24.3 Å². The van der Waals surface area contributed by atoms with E-state index >= 15 is 0 Å². The van der Waals surface area contributed by atoms with Crippen LogP contribution >= 0.6 is 12.4 Å². The molecule has 0 bridgehead atoms. The summed E-state index contributed by atoms with van der Waals surface area (Å²) in [6.45, 7) is 5.36. The van der Waals surface area contributed by atoms with Crippen LogP contribution in [0.3, 0.4) is 0 Å². The summed E-state index contributed by atoms with van der Waals surface area (Å²) in [5.74, 6) is 0.962. The molecule has 124 valence electrons. The number of methoxy groups -OCH3 is 1. The molecule has 0 radical (unpaired) electrons. The first-order valence-electron chi connectivity index (χ1n) is 7.76. The van der Waals surface area contributed by atoms with Crippen molar-refractivity contribution >= 4 is 29.1 Å². The number of benzene rings is 2. The number of hydrogen-bond acceptors (Lipinski definition) is 3. The van der Waals surface area contributed by atoms with E-state index in [1.807, 2.05) is 36.1 Å². The van der Waals surface area contributed by atoms with Crippen molar-refractivity contribution in [3.8, 4) is 5.75 Å². The van der Waals surface area contributed by atoms with Crippen LogP contribution in [0.4, 0.5) is 0 Å². The molecular weight excluding hydrogens is 312 g/mol. The van der Waals surface area contributed by atoms with Gasteiger partial charge in [0.05, 0.1) is 13.0 Å². The molecule has 0 aromatic heterocycles. The fraction of sp³-hybridized carbons (Fsp3) is 0.389. The smallest absolute Gasteiger partial charge is 0.229 e. The highest BCUT2D eigenvalue weighted by atomic mass is 35.5. The lowest BCUT2D eigenvalue weighted by atomic mass is 9.96. The molecule has 1 atom stereocenters. The van der Waals surface area contributed by atoms with Crippen molar-refractivity contribution in [2.75, 3.05) is 33.3 Å². The number of amides is 1. The Hall–Kier alpha value is -1.78. The standard InChI is InChI=1S/C18H22N2O2.ClH/c1-13(18(21)20-9-7-19-8-10-20)14-3-4-16-12-17(22-2)6-5-15(16)11-14;/h3-6,11-13,19H,7-10H2,1-2H3;1H. The van der Waals surface area contributed by atoms with E-state index in [0.29, 0.717) is 0 Å². The summed E-state index contributed by atoms with van der Waals surface area (Å²) in [4.78, 5) is 14.6. The lowest BCUT2D eigenvalue weighted by Crippen LogP contribution is -2.47. The molecule has 1 unspecified atom stereocenters. The predicted molar refractivity (Wildman–Crippen MR) is 95.6 cm³/mol. The van der Waals surface area contributed by atoms with Crippen molar-refractivity contribution in [3.05, 3.63) is 42.0 Å². The van der Waals surface area contributed by atoms with Crippen LogP contribution in [0, 0.1) is 0 Å². The van der Waals surface area contributed by atoms with Crippen LogP contribution in [0.5, 0.6) is 5.75 Å². The number of nitrogens with one attached hydrogen (secondary N) is 1. The van der Waals surface area contributed by atoms with Crippen LogP contribution in [-0.4, -0.2) is 44.1 Å². The number of hydrogen-bond donors (Lipinski definition) is 1. The fourth-order valence-corrected chi connectivity index (χ4v) is 2.94. The summed E-state index contributed by atoms with van der Waals surface area (Å²) in [6.07, 6.45) is 0. The number of ether oxygens (including phenoxy) is 1. The maximum absolute atomic E-state index is 12.6. The van der Waals surface area contributed by atoms with Gasteiger partial charge in [-0.25, -0.2) is 0 Å². The van der Waals surface area contributed by atoms with Gasteiger partial charge in [-0.3, -0.25) is 4.79 Å². The Bertz CT molecular complexity index is 684. The van der Waals surface area contributed by atoms with Gasteiger partial charge < -0.3 is 15.0 Å². The Balaban J connectivity index is 0.00000192. The van der Waals surface area contributed by atoms with E-state index < -0.39 is 0 Å². The van der Waals surface area contributed by atoms with E-state index in [4.69, 9.17) is 4.74 Å². The average Bonchev–Trinajstić information content (AvgIpc) is 2.60. The zero-order chi connectivity index (χ0) is 15.5. The second kappa shape index (κ2) is 7.66. The van der Waals surface area contributed by atoms with E-state index in [1.54, 1.807) is 7.11 Å². The van der Waals surface area contributed by atoms with E-state index in [9.17, 15) is 4.79 Å². The molecule has 1 N–H and O–H groups in total. The summed E-state index contributed by atoms with van der Waals surface area (Å²) >= 11 is 0. The molecule has 0 aliphatic carbocycles. The minimum absolute atomic E-state index is 0. The van der Waals surface area contributed by atoms with Gasteiger partial charge in [0.2, 0.25) is 5.91 Å². The highest BCUT2D eigenvalue weighted by Gasteiger charge is 2.23. The third-order valence-corrected chi connectivity index (χ3v) is 4.37. The first-order valence-corrected chi connectivity index (χ1v) is 7.76. The van der Waals surface area contributed by atoms with Crippen molar-refractivity contribution in [2.24, 2.45) is 0 Å². The number of nitrogens with zero attached hydrogens (tertiary/aromatic N) is 1. The van der Waals surface area contributed by atoms with Crippen LogP contribution in [0.2, 0.25) is 0 Å². The molecule has 1 heterocycles. The lowest BCUT2D eigenvalue weighted by Gasteiger charge is -2.30. The molecule has 1 aliphatic heterocycles. The number of rotatable bonds is 3. The van der Waals surface area contributed by atoms with E-state index in [0.717, 1.165) is 48.3 Å². The number of carbonyl (C=O) groups is 1. The third kappa shape index (κ3) is 3.77. The molecule has 1 amide bonds. The largest absolute Gasteiger partial charge is 0.497 e. The van der Waals surface area contributed by atoms with Gasteiger partial charge in [0.25, 0.3) is 0 Å². The quantitative estimate of drug-likeness (QED) is 0.938. The van der Waals surface area contributed by atoms with E-state index in [1.165, 1.54) is 0 Å². The first-order chi connectivity index (χ1) is 10.7. The molecule has 5 heteroatoms. The molecule has 0 spiro atoms. The highest BCUT2D eigenvalue weighted by molar-refractivity contribution is 5.88. The highest BCUT2D eigenvalue weighted by Crippen LogP contribution is 2.26. The topological polar surface area (TPSA) is 41.6 Å². The Labute approximate surface area is 143 Å². The third-order valence-electron chi connectivity index (χ3n) is 4.37. The van der Waals surface area contributed by atoms with Gasteiger partial charge in [-0.15, -0.1) is 12.4 Å². The van der Waals surface area contributed by atoms with Crippen LogP contribution in [0.15, 0.2) is 36.4 Å². The minimum atomic E-state index is -0.107. The zero-order valence-corrected chi connectivity index (χ0v) is 14.4. The van der Waals surface area contributed by atoms with Gasteiger partial charge in [0, 0.05) is 26.2 Å². The molecule has 2 aromatic carbocycles. The normalized spacial score (nSPS) is 15.8. The second-order valence-electron chi connectivity index (χ2n) is 5.77. The lowest BCUT2D eigenvalue weighted by molar-refractivity contribution is -0.133. The second-order valence-corrected chi connectivity index (χ2v) is 5.77.